The lowest BCUT2D eigenvalue weighted by Crippen LogP contribution is -2.08. The number of cyclic esters (lactones) is 1. The van der Waals surface area contributed by atoms with Crippen LogP contribution < -0.4 is 4.74 Å². The quantitative estimate of drug-likeness (QED) is 0.250. The van der Waals surface area contributed by atoms with Crippen molar-refractivity contribution in [2.75, 3.05) is 0 Å². The lowest BCUT2D eigenvalue weighted by molar-refractivity contribution is -0.384. The monoisotopic (exact) mass is 394 g/mol. The summed E-state index contributed by atoms with van der Waals surface area (Å²) in [7, 11) is 0. The minimum absolute atomic E-state index is 0.0655. The van der Waals surface area contributed by atoms with Crippen LogP contribution in [0.15, 0.2) is 47.1 Å². The van der Waals surface area contributed by atoms with E-state index >= 15 is 0 Å². The topological polar surface area (TPSA) is 108 Å². The van der Waals surface area contributed by atoms with Crippen molar-refractivity contribution in [1.82, 2.24) is 0 Å². The van der Waals surface area contributed by atoms with Crippen LogP contribution in [0.1, 0.15) is 35.6 Å². The Morgan fingerprint density at radius 3 is 2.38 bits per heavy atom. The first kappa shape index (κ1) is 19.9. The van der Waals surface area contributed by atoms with Gasteiger partial charge < -0.3 is 9.47 Å². The fraction of sp³-hybridized carbons (Fsp3) is 0.190. The second-order valence-electron chi connectivity index (χ2n) is 6.45. The maximum absolute atomic E-state index is 12.2. The molecule has 0 amide bonds. The van der Waals surface area contributed by atoms with Gasteiger partial charge in [-0.25, -0.2) is 9.79 Å². The lowest BCUT2D eigenvalue weighted by Gasteiger charge is -2.11. The maximum Gasteiger partial charge on any atom is 0.363 e. The van der Waals surface area contributed by atoms with Crippen LogP contribution >= 0.6 is 0 Å². The summed E-state index contributed by atoms with van der Waals surface area (Å²) >= 11 is 0. The Kier molecular flexibility index (Phi) is 5.54. The van der Waals surface area contributed by atoms with Crippen molar-refractivity contribution in [1.29, 1.82) is 0 Å². The van der Waals surface area contributed by atoms with Crippen LogP contribution in [0.25, 0.3) is 6.08 Å². The number of hydrogen-bond donors (Lipinski definition) is 0. The number of nitro groups is 1. The van der Waals surface area contributed by atoms with E-state index in [0.29, 0.717) is 16.9 Å². The van der Waals surface area contributed by atoms with Crippen molar-refractivity contribution in [2.45, 2.75) is 27.2 Å². The first-order valence-electron chi connectivity index (χ1n) is 8.87. The van der Waals surface area contributed by atoms with Gasteiger partial charge in [-0.2, -0.15) is 0 Å². The van der Waals surface area contributed by atoms with Gasteiger partial charge in [0.2, 0.25) is 5.90 Å². The highest BCUT2D eigenvalue weighted by Crippen LogP contribution is 2.28. The van der Waals surface area contributed by atoms with Gasteiger partial charge in [0.1, 0.15) is 5.75 Å². The third-order valence-electron chi connectivity index (χ3n) is 4.24. The number of nitrogens with zero attached hydrogens (tertiary/aromatic N) is 2. The SMILES string of the molecule is CCC(=O)Oc1c(C)cc(/C=C2\N=C(c3ccc([N+](=O)[O-])cc3)OC2=O)cc1C. The van der Waals surface area contributed by atoms with Crippen LogP contribution in [-0.2, 0) is 14.3 Å². The van der Waals surface area contributed by atoms with Crippen LogP contribution in [0.4, 0.5) is 5.69 Å². The number of carbonyl (C=O) groups excluding carboxylic acids is 2. The summed E-state index contributed by atoms with van der Waals surface area (Å²) in [5.74, 6) is -0.352. The summed E-state index contributed by atoms with van der Waals surface area (Å²) in [5.41, 5.74) is 2.72. The number of aryl methyl sites for hydroxylation is 2. The largest absolute Gasteiger partial charge is 0.426 e. The number of nitro benzene ring substituents is 1. The zero-order valence-electron chi connectivity index (χ0n) is 16.1. The van der Waals surface area contributed by atoms with Crippen molar-refractivity contribution < 1.29 is 24.0 Å². The number of carbonyl (C=O) groups is 2. The molecule has 2 aromatic carbocycles. The molecule has 0 bridgehead atoms. The Labute approximate surface area is 166 Å². The fourth-order valence-electron chi connectivity index (χ4n) is 2.83. The van der Waals surface area contributed by atoms with E-state index in [1.165, 1.54) is 24.3 Å². The molecule has 1 aliphatic rings. The van der Waals surface area contributed by atoms with Crippen molar-refractivity contribution >= 4 is 29.6 Å². The van der Waals surface area contributed by atoms with E-state index in [2.05, 4.69) is 4.99 Å². The molecule has 0 saturated carbocycles. The molecule has 0 saturated heterocycles. The van der Waals surface area contributed by atoms with Crippen LogP contribution in [-0.4, -0.2) is 22.8 Å². The second kappa shape index (κ2) is 8.05. The molecule has 29 heavy (non-hydrogen) atoms. The van der Waals surface area contributed by atoms with Crippen molar-refractivity contribution in [3.63, 3.8) is 0 Å². The number of rotatable bonds is 5. The van der Waals surface area contributed by atoms with Gasteiger partial charge in [0.25, 0.3) is 5.69 Å². The highest BCUT2D eigenvalue weighted by molar-refractivity contribution is 6.12. The Morgan fingerprint density at radius 1 is 1.21 bits per heavy atom. The molecule has 1 aliphatic heterocycles. The second-order valence-corrected chi connectivity index (χ2v) is 6.45. The molecule has 0 aromatic heterocycles. The molecule has 3 rings (SSSR count). The fourth-order valence-corrected chi connectivity index (χ4v) is 2.83. The van der Waals surface area contributed by atoms with Crippen molar-refractivity contribution in [2.24, 2.45) is 4.99 Å². The van der Waals surface area contributed by atoms with E-state index in [1.54, 1.807) is 25.1 Å². The summed E-state index contributed by atoms with van der Waals surface area (Å²) in [6.45, 7) is 5.34. The highest BCUT2D eigenvalue weighted by Gasteiger charge is 2.24. The third-order valence-corrected chi connectivity index (χ3v) is 4.24. The average Bonchev–Trinajstić information content (AvgIpc) is 3.05. The number of ether oxygens (including phenoxy) is 2. The number of benzene rings is 2. The van der Waals surface area contributed by atoms with Gasteiger partial charge in [-0.15, -0.1) is 0 Å². The van der Waals surface area contributed by atoms with Crippen LogP contribution in [0, 0.1) is 24.0 Å². The van der Waals surface area contributed by atoms with Gasteiger partial charge in [-0.1, -0.05) is 6.92 Å². The smallest absolute Gasteiger partial charge is 0.363 e. The van der Waals surface area contributed by atoms with E-state index in [0.717, 1.165) is 11.1 Å². The Bertz CT molecular complexity index is 1040. The third kappa shape index (κ3) is 4.37. The molecule has 0 N–H and O–H groups in total. The molecular formula is C21H18N2O6. The van der Waals surface area contributed by atoms with E-state index in [1.807, 2.05) is 13.8 Å². The van der Waals surface area contributed by atoms with Crippen LogP contribution in [0.2, 0.25) is 0 Å². The van der Waals surface area contributed by atoms with Gasteiger partial charge in [0.15, 0.2) is 5.70 Å². The van der Waals surface area contributed by atoms with Crippen molar-refractivity contribution in [3.05, 3.63) is 74.5 Å². The molecule has 1 heterocycles. The predicted octanol–water partition coefficient (Wildman–Crippen LogP) is 3.87. The average molecular weight is 394 g/mol. The van der Waals surface area contributed by atoms with Gasteiger partial charge in [-0.05, 0) is 60.9 Å². The molecule has 0 atom stereocenters. The molecular weight excluding hydrogens is 376 g/mol. The minimum atomic E-state index is -0.616. The standard InChI is InChI=1S/C21H18N2O6/c1-4-18(24)28-19-12(2)9-14(10-13(19)3)11-17-21(25)29-20(22-17)15-5-7-16(8-6-15)23(26)27/h5-11H,4H2,1-3H3/b17-11-. The maximum atomic E-state index is 12.2. The normalized spacial score (nSPS) is 14.5. The molecule has 8 nitrogen and oxygen atoms in total. The first-order chi connectivity index (χ1) is 13.8. The van der Waals surface area contributed by atoms with E-state index in [9.17, 15) is 19.7 Å². The van der Waals surface area contributed by atoms with E-state index < -0.39 is 10.9 Å². The van der Waals surface area contributed by atoms with Crippen LogP contribution in [0.5, 0.6) is 5.75 Å². The molecule has 0 aliphatic carbocycles. The number of non-ortho nitro benzene ring substituents is 1. The van der Waals surface area contributed by atoms with E-state index in [-0.39, 0.29) is 29.7 Å². The zero-order chi connectivity index (χ0) is 21.1. The summed E-state index contributed by atoms with van der Waals surface area (Å²) in [6.07, 6.45) is 1.85. The Balaban J connectivity index is 1.89. The van der Waals surface area contributed by atoms with Gasteiger partial charge >= 0.3 is 11.9 Å². The van der Waals surface area contributed by atoms with Gasteiger partial charge in [0, 0.05) is 24.1 Å². The summed E-state index contributed by atoms with van der Waals surface area (Å²) < 4.78 is 10.5. The Morgan fingerprint density at radius 2 is 1.83 bits per heavy atom. The number of esters is 2. The highest BCUT2D eigenvalue weighted by atomic mass is 16.6. The molecule has 0 radical (unpaired) electrons. The predicted molar refractivity (Wildman–Crippen MR) is 106 cm³/mol. The molecule has 148 valence electrons. The van der Waals surface area contributed by atoms with Crippen LogP contribution in [0.3, 0.4) is 0 Å². The molecule has 0 fully saturated rings. The van der Waals surface area contributed by atoms with E-state index in [4.69, 9.17) is 9.47 Å². The van der Waals surface area contributed by atoms with Crippen molar-refractivity contribution in [3.8, 4) is 5.75 Å². The lowest BCUT2D eigenvalue weighted by atomic mass is 10.0. The zero-order valence-corrected chi connectivity index (χ0v) is 16.1. The molecule has 0 spiro atoms. The molecule has 8 heteroatoms. The number of hydrogen-bond acceptors (Lipinski definition) is 7. The first-order valence-corrected chi connectivity index (χ1v) is 8.87. The number of aliphatic imine (C=N–C) groups is 1. The molecule has 2 aromatic rings. The van der Waals surface area contributed by atoms with Gasteiger partial charge in [0.05, 0.1) is 4.92 Å². The summed E-state index contributed by atoms with van der Waals surface area (Å²) in [6, 6.07) is 9.14. The summed E-state index contributed by atoms with van der Waals surface area (Å²) in [5, 5.41) is 10.7. The summed E-state index contributed by atoms with van der Waals surface area (Å²) in [4.78, 5) is 38.2. The molecule has 0 unspecified atom stereocenters. The Hall–Kier alpha value is -3.81. The minimum Gasteiger partial charge on any atom is -0.426 e. The van der Waals surface area contributed by atoms with Gasteiger partial charge in [-0.3, -0.25) is 14.9 Å².